The lowest BCUT2D eigenvalue weighted by molar-refractivity contribution is 0.0766. The summed E-state index contributed by atoms with van der Waals surface area (Å²) in [5, 5.41) is 12.9. The van der Waals surface area contributed by atoms with Gasteiger partial charge in [0, 0.05) is 12.6 Å². The van der Waals surface area contributed by atoms with E-state index in [0.717, 1.165) is 0 Å². The van der Waals surface area contributed by atoms with Crippen LogP contribution in [0.15, 0.2) is 0 Å². The molecule has 2 nitrogen and oxygen atoms in total. The van der Waals surface area contributed by atoms with Gasteiger partial charge in [0.05, 0.1) is 5.60 Å². The van der Waals surface area contributed by atoms with E-state index in [1.807, 2.05) is 13.8 Å². The summed E-state index contributed by atoms with van der Waals surface area (Å²) in [5.41, 5.74) is -0.586. The predicted octanol–water partition coefficient (Wildman–Crippen LogP) is 2.71. The van der Waals surface area contributed by atoms with E-state index in [1.54, 1.807) is 0 Å². The second-order valence-corrected chi connectivity index (χ2v) is 4.94. The standard InChI is InChI=1S/C12H27NO/c1-5-6-7-8-9-11(2)13-10-12(3,4)14/h11,13-14H,5-10H2,1-4H3. The Hall–Kier alpha value is -0.0800. The van der Waals surface area contributed by atoms with Crippen LogP contribution in [-0.4, -0.2) is 23.3 Å². The van der Waals surface area contributed by atoms with Gasteiger partial charge >= 0.3 is 0 Å². The normalized spacial score (nSPS) is 14.4. The Kier molecular flexibility index (Phi) is 7.20. The van der Waals surface area contributed by atoms with Gasteiger partial charge in [0.2, 0.25) is 0 Å². The molecule has 0 heterocycles. The third-order valence-corrected chi connectivity index (χ3v) is 2.37. The molecule has 86 valence electrons. The Balaban J connectivity index is 3.32. The number of unbranched alkanes of at least 4 members (excludes halogenated alkanes) is 3. The van der Waals surface area contributed by atoms with Crippen molar-refractivity contribution in [3.05, 3.63) is 0 Å². The van der Waals surface area contributed by atoms with Crippen LogP contribution in [0, 0.1) is 0 Å². The lowest BCUT2D eigenvalue weighted by atomic mass is 10.1. The summed E-state index contributed by atoms with van der Waals surface area (Å²) in [6.45, 7) is 8.78. The van der Waals surface area contributed by atoms with Gasteiger partial charge in [0.1, 0.15) is 0 Å². The van der Waals surface area contributed by atoms with Gasteiger partial charge in [-0.2, -0.15) is 0 Å². The summed E-state index contributed by atoms with van der Waals surface area (Å²) in [4.78, 5) is 0. The molecule has 0 spiro atoms. The van der Waals surface area contributed by atoms with E-state index in [2.05, 4.69) is 19.2 Å². The Morgan fingerprint density at radius 1 is 1.21 bits per heavy atom. The second kappa shape index (κ2) is 7.24. The van der Waals surface area contributed by atoms with Crippen molar-refractivity contribution in [2.24, 2.45) is 0 Å². The summed E-state index contributed by atoms with van der Waals surface area (Å²) in [5.74, 6) is 0. The first-order chi connectivity index (χ1) is 6.45. The van der Waals surface area contributed by atoms with Crippen molar-refractivity contribution in [2.75, 3.05) is 6.54 Å². The third-order valence-electron chi connectivity index (χ3n) is 2.37. The van der Waals surface area contributed by atoms with Crippen LogP contribution in [0.3, 0.4) is 0 Å². The molecule has 0 radical (unpaired) electrons. The van der Waals surface area contributed by atoms with Crippen LogP contribution in [0.4, 0.5) is 0 Å². The molecule has 0 saturated carbocycles. The summed E-state index contributed by atoms with van der Waals surface area (Å²) in [6, 6.07) is 0.526. The van der Waals surface area contributed by atoms with Crippen molar-refractivity contribution in [2.45, 2.75) is 71.4 Å². The molecule has 0 aromatic carbocycles. The van der Waals surface area contributed by atoms with Gasteiger partial charge in [-0.05, 0) is 27.2 Å². The highest BCUT2D eigenvalue weighted by Crippen LogP contribution is 2.06. The summed E-state index contributed by atoms with van der Waals surface area (Å²) >= 11 is 0. The van der Waals surface area contributed by atoms with Crippen molar-refractivity contribution in [1.29, 1.82) is 0 Å². The summed E-state index contributed by atoms with van der Waals surface area (Å²) in [7, 11) is 0. The minimum atomic E-state index is -0.586. The van der Waals surface area contributed by atoms with Crippen LogP contribution in [-0.2, 0) is 0 Å². The van der Waals surface area contributed by atoms with Crippen LogP contribution >= 0.6 is 0 Å². The molecule has 0 amide bonds. The van der Waals surface area contributed by atoms with E-state index in [9.17, 15) is 5.11 Å². The van der Waals surface area contributed by atoms with Gasteiger partial charge < -0.3 is 10.4 Å². The molecule has 14 heavy (non-hydrogen) atoms. The van der Waals surface area contributed by atoms with Gasteiger partial charge in [0.25, 0.3) is 0 Å². The molecule has 0 aliphatic carbocycles. The first kappa shape index (κ1) is 13.9. The molecule has 2 heteroatoms. The summed E-state index contributed by atoms with van der Waals surface area (Å²) in [6.07, 6.45) is 6.50. The second-order valence-electron chi connectivity index (χ2n) is 4.94. The van der Waals surface area contributed by atoms with Gasteiger partial charge in [-0.1, -0.05) is 32.6 Å². The molecule has 0 aliphatic rings. The minimum absolute atomic E-state index is 0.526. The van der Waals surface area contributed by atoms with Gasteiger partial charge in [0.15, 0.2) is 0 Å². The van der Waals surface area contributed by atoms with Crippen molar-refractivity contribution >= 4 is 0 Å². The zero-order chi connectivity index (χ0) is 11.0. The van der Waals surface area contributed by atoms with Crippen LogP contribution in [0.25, 0.3) is 0 Å². The third kappa shape index (κ3) is 10.0. The summed E-state index contributed by atoms with van der Waals surface area (Å²) < 4.78 is 0. The average molecular weight is 201 g/mol. The van der Waals surface area contributed by atoms with Crippen LogP contribution < -0.4 is 5.32 Å². The van der Waals surface area contributed by atoms with E-state index >= 15 is 0 Å². The van der Waals surface area contributed by atoms with E-state index in [1.165, 1.54) is 32.1 Å². The molecule has 0 rings (SSSR count). The first-order valence-electron chi connectivity index (χ1n) is 5.91. The number of rotatable bonds is 8. The van der Waals surface area contributed by atoms with E-state index in [0.29, 0.717) is 12.6 Å². The maximum atomic E-state index is 9.51. The van der Waals surface area contributed by atoms with Crippen molar-refractivity contribution in [3.63, 3.8) is 0 Å². The zero-order valence-electron chi connectivity index (χ0n) is 10.3. The highest BCUT2D eigenvalue weighted by atomic mass is 16.3. The Morgan fingerprint density at radius 2 is 1.86 bits per heavy atom. The zero-order valence-corrected chi connectivity index (χ0v) is 10.3. The molecule has 1 atom stereocenters. The number of nitrogens with one attached hydrogen (secondary N) is 1. The predicted molar refractivity (Wildman–Crippen MR) is 62.5 cm³/mol. The fraction of sp³-hybridized carbons (Fsp3) is 1.00. The average Bonchev–Trinajstić information content (AvgIpc) is 2.08. The molecule has 0 saturated heterocycles. The van der Waals surface area contributed by atoms with E-state index < -0.39 is 5.60 Å². The first-order valence-corrected chi connectivity index (χ1v) is 5.91. The van der Waals surface area contributed by atoms with Gasteiger partial charge in [-0.25, -0.2) is 0 Å². The largest absolute Gasteiger partial charge is 0.389 e. The van der Waals surface area contributed by atoms with E-state index in [4.69, 9.17) is 0 Å². The van der Waals surface area contributed by atoms with Gasteiger partial charge in [-0.3, -0.25) is 0 Å². The van der Waals surface area contributed by atoms with E-state index in [-0.39, 0.29) is 0 Å². The molecule has 1 unspecified atom stereocenters. The maximum Gasteiger partial charge on any atom is 0.0715 e. The van der Waals surface area contributed by atoms with Crippen LogP contribution in [0.5, 0.6) is 0 Å². The lowest BCUT2D eigenvalue weighted by Gasteiger charge is -2.21. The molecular formula is C12H27NO. The van der Waals surface area contributed by atoms with Crippen LogP contribution in [0.1, 0.15) is 59.8 Å². The number of aliphatic hydroxyl groups is 1. The highest BCUT2D eigenvalue weighted by Gasteiger charge is 2.13. The smallest absolute Gasteiger partial charge is 0.0715 e. The molecular weight excluding hydrogens is 174 g/mol. The van der Waals surface area contributed by atoms with Crippen molar-refractivity contribution < 1.29 is 5.11 Å². The molecule has 0 aliphatic heterocycles. The SMILES string of the molecule is CCCCCCC(C)NCC(C)(C)O. The fourth-order valence-electron chi connectivity index (χ4n) is 1.40. The Labute approximate surface area is 89.1 Å². The lowest BCUT2D eigenvalue weighted by Crippen LogP contribution is -2.39. The Bertz CT molecular complexity index is 129. The molecule has 2 N–H and O–H groups in total. The van der Waals surface area contributed by atoms with Gasteiger partial charge in [-0.15, -0.1) is 0 Å². The Morgan fingerprint density at radius 3 is 2.36 bits per heavy atom. The number of hydrogen-bond acceptors (Lipinski definition) is 2. The topological polar surface area (TPSA) is 32.3 Å². The monoisotopic (exact) mass is 201 g/mol. The molecule has 0 aromatic heterocycles. The highest BCUT2D eigenvalue weighted by molar-refractivity contribution is 4.71. The van der Waals surface area contributed by atoms with Crippen LogP contribution in [0.2, 0.25) is 0 Å². The fourth-order valence-corrected chi connectivity index (χ4v) is 1.40. The molecule has 0 aromatic rings. The molecule has 0 fully saturated rings. The number of hydrogen-bond donors (Lipinski definition) is 2. The molecule has 0 bridgehead atoms. The maximum absolute atomic E-state index is 9.51. The quantitative estimate of drug-likeness (QED) is 0.592. The minimum Gasteiger partial charge on any atom is -0.389 e. The van der Waals surface area contributed by atoms with Crippen molar-refractivity contribution in [3.8, 4) is 0 Å². The van der Waals surface area contributed by atoms with Crippen molar-refractivity contribution in [1.82, 2.24) is 5.32 Å².